The third-order valence-electron chi connectivity index (χ3n) is 2.39. The highest BCUT2D eigenvalue weighted by molar-refractivity contribution is 8.26. The number of nitrogens with one attached hydrogen (secondary N) is 1. The van der Waals surface area contributed by atoms with E-state index in [1.807, 2.05) is 29.0 Å². The van der Waals surface area contributed by atoms with Crippen molar-refractivity contribution in [1.82, 2.24) is 14.7 Å². The number of thioether (sulfide) groups is 1. The monoisotopic (exact) mass is 281 g/mol. The van der Waals surface area contributed by atoms with E-state index in [2.05, 4.69) is 10.3 Å². The molecular formula is C10H7N3OS3. The van der Waals surface area contributed by atoms with Crippen LogP contribution in [0.2, 0.25) is 0 Å². The van der Waals surface area contributed by atoms with Crippen LogP contribution in [0.3, 0.4) is 0 Å². The smallest absolute Gasteiger partial charge is 0.263 e. The fourth-order valence-corrected chi connectivity index (χ4v) is 3.42. The first-order valence-electron chi connectivity index (χ1n) is 4.82. The summed E-state index contributed by atoms with van der Waals surface area (Å²) in [7, 11) is 0. The Morgan fingerprint density at radius 3 is 3.12 bits per heavy atom. The molecule has 3 rings (SSSR count). The second-order valence-electron chi connectivity index (χ2n) is 3.49. The lowest BCUT2D eigenvalue weighted by Crippen LogP contribution is -2.17. The Morgan fingerprint density at radius 1 is 1.59 bits per heavy atom. The van der Waals surface area contributed by atoms with E-state index in [4.69, 9.17) is 12.2 Å². The molecule has 2 aromatic heterocycles. The number of hydrogen-bond acceptors (Lipinski definition) is 5. The molecule has 0 spiro atoms. The number of carbonyl (C=O) groups excluding carboxylic acids is 1. The second-order valence-corrected chi connectivity index (χ2v) is 6.08. The Bertz CT molecular complexity index is 667. The predicted molar refractivity (Wildman–Crippen MR) is 74.1 cm³/mol. The van der Waals surface area contributed by atoms with E-state index in [9.17, 15) is 4.79 Å². The number of nitrogens with zero attached hydrogens (tertiary/aromatic N) is 2. The molecule has 0 bridgehead atoms. The van der Waals surface area contributed by atoms with Gasteiger partial charge in [-0.25, -0.2) is 4.98 Å². The summed E-state index contributed by atoms with van der Waals surface area (Å²) in [4.78, 5) is 17.6. The van der Waals surface area contributed by atoms with Gasteiger partial charge in [0.05, 0.1) is 16.3 Å². The van der Waals surface area contributed by atoms with E-state index in [1.165, 1.54) is 11.8 Å². The molecule has 0 aliphatic carbocycles. The molecule has 0 aromatic carbocycles. The van der Waals surface area contributed by atoms with Crippen LogP contribution in [0.1, 0.15) is 11.4 Å². The Balaban J connectivity index is 2.13. The zero-order chi connectivity index (χ0) is 12.0. The third-order valence-corrected chi connectivity index (χ3v) is 4.31. The number of rotatable bonds is 1. The summed E-state index contributed by atoms with van der Waals surface area (Å²) in [6.07, 6.45) is 3.78. The summed E-state index contributed by atoms with van der Waals surface area (Å²) in [5.74, 6) is -0.135. The molecule has 7 heteroatoms. The maximum absolute atomic E-state index is 11.6. The largest absolute Gasteiger partial charge is 0.307 e. The average Bonchev–Trinajstić information content (AvgIpc) is 2.88. The first-order valence-corrected chi connectivity index (χ1v) is 6.92. The first kappa shape index (κ1) is 10.9. The number of thiocarbonyl (C=S) groups is 1. The normalized spacial score (nSPS) is 18.3. The van der Waals surface area contributed by atoms with E-state index < -0.39 is 0 Å². The highest BCUT2D eigenvalue weighted by Gasteiger charge is 2.23. The van der Waals surface area contributed by atoms with Crippen LogP contribution in [0, 0.1) is 6.92 Å². The van der Waals surface area contributed by atoms with E-state index >= 15 is 0 Å². The van der Waals surface area contributed by atoms with Crippen molar-refractivity contribution < 1.29 is 4.79 Å². The summed E-state index contributed by atoms with van der Waals surface area (Å²) in [6.45, 7) is 1.93. The number of fused-ring (bicyclic) bond motifs is 1. The van der Waals surface area contributed by atoms with Crippen molar-refractivity contribution >= 4 is 56.6 Å². The zero-order valence-corrected chi connectivity index (χ0v) is 11.2. The van der Waals surface area contributed by atoms with Gasteiger partial charge in [-0.3, -0.25) is 9.20 Å². The second kappa shape index (κ2) is 3.94. The van der Waals surface area contributed by atoms with Crippen molar-refractivity contribution in [3.05, 3.63) is 27.9 Å². The van der Waals surface area contributed by atoms with Crippen LogP contribution in [-0.4, -0.2) is 19.6 Å². The Hall–Kier alpha value is -1.18. The SMILES string of the molecule is Cc1nc2sccn2c1C=C1SC(=S)NC1=O. The van der Waals surface area contributed by atoms with Gasteiger partial charge >= 0.3 is 0 Å². The predicted octanol–water partition coefficient (Wildman–Crippen LogP) is 2.19. The fourth-order valence-electron chi connectivity index (χ4n) is 1.63. The summed E-state index contributed by atoms with van der Waals surface area (Å²) in [6, 6.07) is 0. The molecule has 0 atom stereocenters. The quantitative estimate of drug-likeness (QED) is 0.643. The molecule has 86 valence electrons. The maximum atomic E-state index is 11.6. The lowest BCUT2D eigenvalue weighted by atomic mass is 10.3. The van der Waals surface area contributed by atoms with Gasteiger partial charge < -0.3 is 5.32 Å². The number of imidazole rings is 1. The van der Waals surface area contributed by atoms with E-state index in [-0.39, 0.29) is 5.91 Å². The van der Waals surface area contributed by atoms with Gasteiger partial charge in [-0.2, -0.15) is 0 Å². The average molecular weight is 281 g/mol. The lowest BCUT2D eigenvalue weighted by molar-refractivity contribution is -0.115. The molecule has 0 unspecified atom stereocenters. The van der Waals surface area contributed by atoms with E-state index in [0.717, 1.165) is 16.3 Å². The van der Waals surface area contributed by atoms with Crippen molar-refractivity contribution in [2.45, 2.75) is 6.92 Å². The maximum Gasteiger partial charge on any atom is 0.263 e. The van der Waals surface area contributed by atoms with Crippen LogP contribution < -0.4 is 5.32 Å². The summed E-state index contributed by atoms with van der Waals surface area (Å²) >= 11 is 7.81. The Morgan fingerprint density at radius 2 is 2.41 bits per heavy atom. The van der Waals surface area contributed by atoms with Gasteiger partial charge in [0, 0.05) is 11.6 Å². The lowest BCUT2D eigenvalue weighted by Gasteiger charge is -1.94. The van der Waals surface area contributed by atoms with Crippen molar-refractivity contribution in [1.29, 1.82) is 0 Å². The van der Waals surface area contributed by atoms with Gasteiger partial charge in [0.1, 0.15) is 4.32 Å². The van der Waals surface area contributed by atoms with Crippen LogP contribution in [0.15, 0.2) is 16.5 Å². The van der Waals surface area contributed by atoms with Crippen molar-refractivity contribution in [3.63, 3.8) is 0 Å². The van der Waals surface area contributed by atoms with Gasteiger partial charge in [-0.05, 0) is 13.0 Å². The summed E-state index contributed by atoms with van der Waals surface area (Å²) in [5, 5.41) is 4.57. The molecule has 4 nitrogen and oxygen atoms in total. The van der Waals surface area contributed by atoms with Crippen molar-refractivity contribution in [2.75, 3.05) is 0 Å². The van der Waals surface area contributed by atoms with Crippen molar-refractivity contribution in [3.8, 4) is 0 Å². The highest BCUT2D eigenvalue weighted by atomic mass is 32.2. The number of carbonyl (C=O) groups is 1. The Kier molecular flexibility index (Phi) is 2.53. The molecule has 2 aromatic rings. The molecule has 3 heterocycles. The number of thiazole rings is 1. The molecule has 1 N–H and O–H groups in total. The minimum absolute atomic E-state index is 0.135. The summed E-state index contributed by atoms with van der Waals surface area (Å²) < 4.78 is 2.48. The third kappa shape index (κ3) is 1.80. The molecule has 1 aliphatic rings. The first-order chi connectivity index (χ1) is 8.15. The zero-order valence-electron chi connectivity index (χ0n) is 8.76. The molecule has 0 radical (unpaired) electrons. The van der Waals surface area contributed by atoms with E-state index in [1.54, 1.807) is 11.3 Å². The molecule has 1 aliphatic heterocycles. The van der Waals surface area contributed by atoms with Crippen LogP contribution in [0.4, 0.5) is 0 Å². The molecule has 1 amide bonds. The van der Waals surface area contributed by atoms with Crippen LogP contribution >= 0.6 is 35.3 Å². The molecule has 1 fully saturated rings. The number of aromatic nitrogens is 2. The molecule has 0 saturated carbocycles. The van der Waals surface area contributed by atoms with Gasteiger partial charge in [-0.15, -0.1) is 11.3 Å². The molecule has 17 heavy (non-hydrogen) atoms. The van der Waals surface area contributed by atoms with Crippen LogP contribution in [0.5, 0.6) is 0 Å². The highest BCUT2D eigenvalue weighted by Crippen LogP contribution is 2.27. The number of aryl methyl sites for hydroxylation is 1. The fraction of sp³-hybridized carbons (Fsp3) is 0.100. The standard InChI is InChI=1S/C10H7N3OS3/c1-5-6(13-2-3-16-9(13)11-5)4-7-8(14)12-10(15)17-7/h2-4H,1H3,(H,12,14,15). The minimum Gasteiger partial charge on any atom is -0.307 e. The van der Waals surface area contributed by atoms with Crippen molar-refractivity contribution in [2.24, 2.45) is 0 Å². The van der Waals surface area contributed by atoms with Crippen LogP contribution in [-0.2, 0) is 4.79 Å². The summed E-state index contributed by atoms with van der Waals surface area (Å²) in [5.41, 5.74) is 1.85. The van der Waals surface area contributed by atoms with Gasteiger partial charge in [0.15, 0.2) is 4.96 Å². The van der Waals surface area contributed by atoms with Gasteiger partial charge in [0.2, 0.25) is 0 Å². The van der Waals surface area contributed by atoms with Gasteiger partial charge in [-0.1, -0.05) is 24.0 Å². The van der Waals surface area contributed by atoms with Gasteiger partial charge in [0.25, 0.3) is 5.91 Å². The van der Waals surface area contributed by atoms with E-state index in [0.29, 0.717) is 9.23 Å². The molecular weight excluding hydrogens is 274 g/mol. The molecule has 1 saturated heterocycles. The number of hydrogen-bond donors (Lipinski definition) is 1. The number of amides is 1. The topological polar surface area (TPSA) is 46.4 Å². The van der Waals surface area contributed by atoms with Crippen LogP contribution in [0.25, 0.3) is 11.0 Å². The minimum atomic E-state index is -0.135. The Labute approximate surface area is 111 Å².